The van der Waals surface area contributed by atoms with Gasteiger partial charge in [-0.25, -0.2) is 22.8 Å². The van der Waals surface area contributed by atoms with E-state index in [2.05, 4.69) is 25.1 Å². The van der Waals surface area contributed by atoms with Crippen LogP contribution in [-0.2, 0) is 10.0 Å². The van der Waals surface area contributed by atoms with Gasteiger partial charge in [-0.1, -0.05) is 11.6 Å². The van der Waals surface area contributed by atoms with Gasteiger partial charge in [0.05, 0.1) is 17.6 Å². The minimum atomic E-state index is -3.72. The Morgan fingerprint density at radius 1 is 1.25 bits per heavy atom. The molecule has 2 aromatic heterocycles. The molecular weight excluding hydrogens is 457 g/mol. The lowest BCUT2D eigenvalue weighted by Gasteiger charge is -2.11. The molecule has 0 saturated heterocycles. The van der Waals surface area contributed by atoms with Crippen molar-refractivity contribution in [3.8, 4) is 22.5 Å². The third-order valence-electron chi connectivity index (χ3n) is 4.36. The first-order valence-electron chi connectivity index (χ1n) is 9.84. The maximum atomic E-state index is 15.4. The Morgan fingerprint density at radius 2 is 1.97 bits per heavy atom. The minimum Gasteiger partial charge on any atom is -0.353 e. The number of sulfonamides is 1. The molecule has 1 atom stereocenters. The Kier molecular flexibility index (Phi) is 7.01. The summed E-state index contributed by atoms with van der Waals surface area (Å²) in [6.45, 7) is 6.19. The van der Waals surface area contributed by atoms with E-state index in [1.807, 2.05) is 20.8 Å². The van der Waals surface area contributed by atoms with Gasteiger partial charge in [0, 0.05) is 47.2 Å². The Labute approximate surface area is 191 Å². The first-order valence-corrected chi connectivity index (χ1v) is 12.1. The molecule has 0 saturated carbocycles. The zero-order valence-corrected chi connectivity index (χ0v) is 19.7. The highest BCUT2D eigenvalue weighted by atomic mass is 35.5. The quantitative estimate of drug-likeness (QED) is 0.449. The van der Waals surface area contributed by atoms with Crippen LogP contribution in [0.3, 0.4) is 0 Å². The highest BCUT2D eigenvalue weighted by Crippen LogP contribution is 2.37. The average Bonchev–Trinajstić information content (AvgIpc) is 3.13. The van der Waals surface area contributed by atoms with Crippen LogP contribution in [0.15, 0.2) is 30.6 Å². The van der Waals surface area contributed by atoms with Crippen molar-refractivity contribution >= 4 is 33.3 Å². The Hall–Kier alpha value is -2.76. The van der Waals surface area contributed by atoms with Crippen LogP contribution in [0.4, 0.5) is 16.0 Å². The molecule has 12 heteroatoms. The molecule has 0 spiro atoms. The van der Waals surface area contributed by atoms with Gasteiger partial charge >= 0.3 is 0 Å². The number of hydrogen-bond donors (Lipinski definition) is 3. The summed E-state index contributed by atoms with van der Waals surface area (Å²) < 4.78 is 42.5. The van der Waals surface area contributed by atoms with E-state index in [4.69, 9.17) is 17.3 Å². The third-order valence-corrected chi connectivity index (χ3v) is 5.17. The van der Waals surface area contributed by atoms with E-state index < -0.39 is 15.8 Å². The predicted molar refractivity (Wildman–Crippen MR) is 125 cm³/mol. The predicted octanol–water partition coefficient (Wildman–Crippen LogP) is 3.51. The van der Waals surface area contributed by atoms with Crippen LogP contribution < -0.4 is 15.8 Å². The van der Waals surface area contributed by atoms with Crippen LogP contribution in [0.5, 0.6) is 0 Å². The van der Waals surface area contributed by atoms with Crippen molar-refractivity contribution in [3.05, 3.63) is 41.4 Å². The van der Waals surface area contributed by atoms with Crippen LogP contribution in [-0.4, -0.2) is 47.0 Å². The number of benzene rings is 1. The third kappa shape index (κ3) is 5.72. The molecular formula is C20H25ClFN7O2S. The second-order valence-electron chi connectivity index (χ2n) is 7.78. The first-order chi connectivity index (χ1) is 14.9. The summed E-state index contributed by atoms with van der Waals surface area (Å²) in [5.74, 6) is -0.423. The van der Waals surface area contributed by atoms with E-state index in [1.165, 1.54) is 12.1 Å². The van der Waals surface area contributed by atoms with Crippen molar-refractivity contribution in [1.82, 2.24) is 19.7 Å². The number of nitrogens with one attached hydrogen (secondary N) is 2. The fraction of sp³-hybridized carbons (Fsp3) is 0.350. The van der Waals surface area contributed by atoms with Crippen LogP contribution in [0.25, 0.3) is 22.5 Å². The SMILES string of the molecule is CC(C)n1cc(-c2ccnc(NC[C@H](C)N)n2)c(-c2cc(Cl)cc(NS(C)(=O)=O)c2F)n1. The summed E-state index contributed by atoms with van der Waals surface area (Å²) in [6, 6.07) is 4.18. The van der Waals surface area contributed by atoms with Crippen LogP contribution >= 0.6 is 11.6 Å². The molecule has 32 heavy (non-hydrogen) atoms. The van der Waals surface area contributed by atoms with Crippen LogP contribution in [0, 0.1) is 5.82 Å². The highest BCUT2D eigenvalue weighted by Gasteiger charge is 2.22. The van der Waals surface area contributed by atoms with Crippen molar-refractivity contribution in [1.29, 1.82) is 0 Å². The number of halogens is 2. The molecule has 0 fully saturated rings. The van der Waals surface area contributed by atoms with E-state index in [9.17, 15) is 8.42 Å². The number of nitrogens with zero attached hydrogens (tertiary/aromatic N) is 4. The second-order valence-corrected chi connectivity index (χ2v) is 9.96. The average molecular weight is 482 g/mol. The maximum absolute atomic E-state index is 15.4. The fourth-order valence-corrected chi connectivity index (χ4v) is 3.69. The summed E-state index contributed by atoms with van der Waals surface area (Å²) >= 11 is 6.18. The maximum Gasteiger partial charge on any atom is 0.229 e. The van der Waals surface area contributed by atoms with E-state index in [0.717, 1.165) is 6.26 Å². The highest BCUT2D eigenvalue weighted by molar-refractivity contribution is 7.92. The molecule has 4 N–H and O–H groups in total. The summed E-state index contributed by atoms with van der Waals surface area (Å²) in [6.07, 6.45) is 4.26. The molecule has 3 aromatic rings. The van der Waals surface area contributed by atoms with E-state index in [-0.39, 0.29) is 34.1 Å². The topological polar surface area (TPSA) is 128 Å². The van der Waals surface area contributed by atoms with E-state index in [1.54, 1.807) is 23.1 Å². The number of aromatic nitrogens is 4. The lowest BCUT2D eigenvalue weighted by atomic mass is 10.0. The summed E-state index contributed by atoms with van der Waals surface area (Å²) in [4.78, 5) is 8.70. The molecule has 0 aliphatic heterocycles. The van der Waals surface area contributed by atoms with E-state index >= 15 is 4.39 Å². The summed E-state index contributed by atoms with van der Waals surface area (Å²) in [5.41, 5.74) is 6.88. The van der Waals surface area contributed by atoms with Gasteiger partial charge < -0.3 is 11.1 Å². The van der Waals surface area contributed by atoms with Crippen LogP contribution in [0.2, 0.25) is 5.02 Å². The van der Waals surface area contributed by atoms with Gasteiger partial charge in [0.15, 0.2) is 5.82 Å². The number of hydrogen-bond acceptors (Lipinski definition) is 7. The van der Waals surface area contributed by atoms with Gasteiger partial charge in [-0.15, -0.1) is 0 Å². The monoisotopic (exact) mass is 481 g/mol. The standard InChI is InChI=1S/C20H25ClFN7O2S/c1-11(2)29-10-15(16-5-6-24-20(26-16)25-9-12(3)23)19(27-29)14-7-13(21)8-17(18(14)22)28-32(4,30)31/h5-8,10-12,28H,9,23H2,1-4H3,(H,24,25,26)/t12-/m0/s1. The van der Waals surface area contributed by atoms with Crippen molar-refractivity contribution in [2.45, 2.75) is 32.9 Å². The Balaban J connectivity index is 2.17. The largest absolute Gasteiger partial charge is 0.353 e. The van der Waals surface area contributed by atoms with E-state index in [0.29, 0.717) is 23.8 Å². The lowest BCUT2D eigenvalue weighted by Crippen LogP contribution is -2.25. The van der Waals surface area contributed by atoms with Crippen LogP contribution in [0.1, 0.15) is 26.8 Å². The number of nitrogens with two attached hydrogens (primary N) is 1. The van der Waals surface area contributed by atoms with Gasteiger partial charge in [0.2, 0.25) is 16.0 Å². The minimum absolute atomic E-state index is 0.0177. The molecule has 0 bridgehead atoms. The van der Waals surface area contributed by atoms with Gasteiger partial charge in [-0.05, 0) is 39.0 Å². The molecule has 3 rings (SSSR count). The molecule has 0 aliphatic rings. The van der Waals surface area contributed by atoms with Crippen molar-refractivity contribution in [2.24, 2.45) is 5.73 Å². The molecule has 172 valence electrons. The van der Waals surface area contributed by atoms with Gasteiger partial charge in [-0.3, -0.25) is 9.40 Å². The summed E-state index contributed by atoms with van der Waals surface area (Å²) in [5, 5.41) is 7.74. The lowest BCUT2D eigenvalue weighted by molar-refractivity contribution is 0.533. The Morgan fingerprint density at radius 3 is 2.59 bits per heavy atom. The van der Waals surface area contributed by atoms with Crippen molar-refractivity contribution < 1.29 is 12.8 Å². The molecule has 0 amide bonds. The fourth-order valence-electron chi connectivity index (χ4n) is 2.92. The molecule has 0 aliphatic carbocycles. The summed E-state index contributed by atoms with van der Waals surface area (Å²) in [7, 11) is -3.72. The number of anilines is 2. The normalized spacial score (nSPS) is 12.8. The smallest absolute Gasteiger partial charge is 0.229 e. The zero-order chi connectivity index (χ0) is 23.6. The van der Waals surface area contributed by atoms with Gasteiger partial charge in [-0.2, -0.15) is 5.10 Å². The molecule has 0 radical (unpaired) electrons. The molecule has 0 unspecified atom stereocenters. The first kappa shape index (κ1) is 23.9. The second kappa shape index (κ2) is 9.39. The van der Waals surface area contributed by atoms with Gasteiger partial charge in [0.25, 0.3) is 0 Å². The van der Waals surface area contributed by atoms with Gasteiger partial charge in [0.1, 0.15) is 5.69 Å². The van der Waals surface area contributed by atoms with Crippen molar-refractivity contribution in [3.63, 3.8) is 0 Å². The zero-order valence-electron chi connectivity index (χ0n) is 18.1. The molecule has 2 heterocycles. The molecule has 9 nitrogen and oxygen atoms in total. The number of rotatable bonds is 8. The molecule has 1 aromatic carbocycles. The Bertz CT molecular complexity index is 1230. The van der Waals surface area contributed by atoms with Crippen molar-refractivity contribution in [2.75, 3.05) is 22.8 Å².